The minimum Gasteiger partial charge on any atom is -0.493 e. The topological polar surface area (TPSA) is 77.6 Å². The van der Waals surface area contributed by atoms with Crippen LogP contribution in [0.2, 0.25) is 0 Å². The zero-order valence-electron chi connectivity index (χ0n) is 12.7. The molecule has 20 heavy (non-hydrogen) atoms. The van der Waals surface area contributed by atoms with Gasteiger partial charge in [0.25, 0.3) is 0 Å². The molecule has 0 aliphatic carbocycles. The summed E-state index contributed by atoms with van der Waals surface area (Å²) in [6.07, 6.45) is 1.70. The standard InChI is InChI=1S/C13H25N5O2/c1-9(2)18-13(10(19-4)7-15-18)12(16-14)11-8-17(3)5-6-20-11/h7,9,11-12,16H,5-6,8,14H2,1-4H3. The van der Waals surface area contributed by atoms with Crippen molar-refractivity contribution in [1.29, 1.82) is 0 Å². The van der Waals surface area contributed by atoms with Gasteiger partial charge in [0.2, 0.25) is 0 Å². The predicted octanol–water partition coefficient (Wildman–Crippen LogP) is 0.308. The van der Waals surface area contributed by atoms with E-state index in [1.807, 2.05) is 4.68 Å². The first-order valence-electron chi connectivity index (χ1n) is 6.96. The Labute approximate surface area is 120 Å². The first kappa shape index (κ1) is 15.2. The molecule has 0 spiro atoms. The Bertz CT molecular complexity index is 434. The molecular weight excluding hydrogens is 258 g/mol. The van der Waals surface area contributed by atoms with Gasteiger partial charge < -0.3 is 14.4 Å². The minimum atomic E-state index is -0.155. The van der Waals surface area contributed by atoms with E-state index in [0.717, 1.165) is 24.5 Å². The van der Waals surface area contributed by atoms with E-state index in [1.54, 1.807) is 13.3 Å². The van der Waals surface area contributed by atoms with Gasteiger partial charge in [0.1, 0.15) is 5.69 Å². The van der Waals surface area contributed by atoms with Crippen LogP contribution in [0.15, 0.2) is 6.20 Å². The summed E-state index contributed by atoms with van der Waals surface area (Å²) < 4.78 is 13.2. The number of rotatable bonds is 5. The first-order valence-corrected chi connectivity index (χ1v) is 6.96. The Morgan fingerprint density at radius 1 is 1.55 bits per heavy atom. The molecule has 2 unspecified atom stereocenters. The lowest BCUT2D eigenvalue weighted by Gasteiger charge is -2.35. The van der Waals surface area contributed by atoms with E-state index in [2.05, 4.69) is 36.3 Å². The zero-order valence-corrected chi connectivity index (χ0v) is 12.7. The van der Waals surface area contributed by atoms with Crippen molar-refractivity contribution >= 4 is 0 Å². The second-order valence-electron chi connectivity index (χ2n) is 5.45. The molecular formula is C13H25N5O2. The van der Waals surface area contributed by atoms with Crippen molar-refractivity contribution < 1.29 is 9.47 Å². The molecule has 0 saturated carbocycles. The number of aromatic nitrogens is 2. The molecule has 1 fully saturated rings. The van der Waals surface area contributed by atoms with Gasteiger partial charge in [0.05, 0.1) is 32.1 Å². The van der Waals surface area contributed by atoms with E-state index in [4.69, 9.17) is 15.3 Å². The smallest absolute Gasteiger partial charge is 0.161 e. The van der Waals surface area contributed by atoms with Crippen molar-refractivity contribution in [2.24, 2.45) is 5.84 Å². The largest absolute Gasteiger partial charge is 0.493 e. The van der Waals surface area contributed by atoms with Crippen LogP contribution in [0.3, 0.4) is 0 Å². The van der Waals surface area contributed by atoms with Crippen LogP contribution in [0, 0.1) is 0 Å². The molecule has 0 aromatic carbocycles. The highest BCUT2D eigenvalue weighted by Gasteiger charge is 2.32. The van der Waals surface area contributed by atoms with Gasteiger partial charge in [0, 0.05) is 19.1 Å². The molecule has 1 saturated heterocycles. The van der Waals surface area contributed by atoms with E-state index >= 15 is 0 Å². The van der Waals surface area contributed by atoms with E-state index in [-0.39, 0.29) is 18.2 Å². The van der Waals surface area contributed by atoms with Gasteiger partial charge in [-0.25, -0.2) is 5.43 Å². The summed E-state index contributed by atoms with van der Waals surface area (Å²) in [7, 11) is 3.73. The van der Waals surface area contributed by atoms with Gasteiger partial charge in [0.15, 0.2) is 5.75 Å². The first-order chi connectivity index (χ1) is 9.58. The van der Waals surface area contributed by atoms with E-state index < -0.39 is 0 Å². The van der Waals surface area contributed by atoms with E-state index in [1.165, 1.54) is 0 Å². The van der Waals surface area contributed by atoms with Crippen LogP contribution in [0.1, 0.15) is 31.6 Å². The van der Waals surface area contributed by atoms with Crippen molar-refractivity contribution in [3.8, 4) is 5.75 Å². The Hall–Kier alpha value is -1.15. The van der Waals surface area contributed by atoms with Gasteiger partial charge >= 0.3 is 0 Å². The van der Waals surface area contributed by atoms with Crippen LogP contribution < -0.4 is 16.0 Å². The van der Waals surface area contributed by atoms with Gasteiger partial charge in [-0.1, -0.05) is 0 Å². The summed E-state index contributed by atoms with van der Waals surface area (Å²) in [4.78, 5) is 2.24. The molecule has 7 heteroatoms. The fourth-order valence-corrected chi connectivity index (χ4v) is 2.60. The lowest BCUT2D eigenvalue weighted by Crippen LogP contribution is -2.49. The number of hydrogen-bond donors (Lipinski definition) is 2. The third-order valence-corrected chi connectivity index (χ3v) is 3.65. The van der Waals surface area contributed by atoms with Crippen LogP contribution in [0.25, 0.3) is 0 Å². The number of morpholine rings is 1. The Balaban J connectivity index is 2.32. The summed E-state index contributed by atoms with van der Waals surface area (Å²) in [5.74, 6) is 6.52. The highest BCUT2D eigenvalue weighted by Crippen LogP contribution is 2.31. The lowest BCUT2D eigenvalue weighted by atomic mass is 10.1. The number of likely N-dealkylation sites (N-methyl/N-ethyl adjacent to an activating group) is 1. The maximum Gasteiger partial charge on any atom is 0.161 e. The molecule has 1 aliphatic rings. The second kappa shape index (κ2) is 6.53. The SMILES string of the molecule is COc1cnn(C(C)C)c1C(NN)C1CN(C)CCO1. The molecule has 2 heterocycles. The average molecular weight is 283 g/mol. The van der Waals surface area contributed by atoms with Crippen molar-refractivity contribution in [2.45, 2.75) is 32.0 Å². The number of nitrogens with zero attached hydrogens (tertiary/aromatic N) is 3. The second-order valence-corrected chi connectivity index (χ2v) is 5.45. The Morgan fingerprint density at radius 3 is 2.85 bits per heavy atom. The third kappa shape index (κ3) is 2.95. The molecule has 7 nitrogen and oxygen atoms in total. The van der Waals surface area contributed by atoms with Crippen LogP contribution in [0.5, 0.6) is 5.75 Å². The number of hydrazine groups is 1. The maximum absolute atomic E-state index is 5.88. The zero-order chi connectivity index (χ0) is 14.7. The predicted molar refractivity (Wildman–Crippen MR) is 76.5 cm³/mol. The van der Waals surface area contributed by atoms with Crippen LogP contribution in [-0.2, 0) is 4.74 Å². The highest BCUT2D eigenvalue weighted by atomic mass is 16.5. The molecule has 0 amide bonds. The van der Waals surface area contributed by atoms with E-state index in [9.17, 15) is 0 Å². The molecule has 2 rings (SSSR count). The fourth-order valence-electron chi connectivity index (χ4n) is 2.60. The van der Waals surface area contributed by atoms with Crippen molar-refractivity contribution in [1.82, 2.24) is 20.1 Å². The summed E-state index contributed by atoms with van der Waals surface area (Å²) in [6, 6.07) is 0.0728. The maximum atomic E-state index is 5.88. The summed E-state index contributed by atoms with van der Waals surface area (Å²) >= 11 is 0. The molecule has 114 valence electrons. The number of methoxy groups -OCH3 is 1. The molecule has 0 bridgehead atoms. The van der Waals surface area contributed by atoms with Gasteiger partial charge in [-0.05, 0) is 20.9 Å². The van der Waals surface area contributed by atoms with Gasteiger partial charge in [-0.2, -0.15) is 5.10 Å². The molecule has 0 radical (unpaired) electrons. The fraction of sp³-hybridized carbons (Fsp3) is 0.769. The number of hydrogen-bond acceptors (Lipinski definition) is 6. The number of nitrogens with two attached hydrogens (primary N) is 1. The van der Waals surface area contributed by atoms with Gasteiger partial charge in [-0.3, -0.25) is 10.5 Å². The van der Waals surface area contributed by atoms with Crippen molar-refractivity contribution in [3.63, 3.8) is 0 Å². The van der Waals surface area contributed by atoms with Gasteiger partial charge in [-0.15, -0.1) is 0 Å². The summed E-state index contributed by atoms with van der Waals surface area (Å²) in [6.45, 7) is 6.63. The minimum absolute atomic E-state index is 0.0261. The third-order valence-electron chi connectivity index (χ3n) is 3.65. The summed E-state index contributed by atoms with van der Waals surface area (Å²) in [5.41, 5.74) is 3.81. The normalized spacial score (nSPS) is 22.2. The number of ether oxygens (including phenoxy) is 2. The molecule has 1 aliphatic heterocycles. The molecule has 3 N–H and O–H groups in total. The van der Waals surface area contributed by atoms with Crippen molar-refractivity contribution in [2.75, 3.05) is 33.9 Å². The van der Waals surface area contributed by atoms with E-state index in [0.29, 0.717) is 6.61 Å². The quantitative estimate of drug-likeness (QED) is 0.598. The monoisotopic (exact) mass is 283 g/mol. The lowest BCUT2D eigenvalue weighted by molar-refractivity contribution is -0.0412. The van der Waals surface area contributed by atoms with Crippen LogP contribution in [-0.4, -0.2) is 54.6 Å². The highest BCUT2D eigenvalue weighted by molar-refractivity contribution is 5.29. The Kier molecular flexibility index (Phi) is 4.98. The van der Waals surface area contributed by atoms with Crippen LogP contribution in [0.4, 0.5) is 0 Å². The van der Waals surface area contributed by atoms with Crippen molar-refractivity contribution in [3.05, 3.63) is 11.9 Å². The summed E-state index contributed by atoms with van der Waals surface area (Å²) in [5, 5.41) is 4.40. The van der Waals surface area contributed by atoms with Crippen LogP contribution >= 0.6 is 0 Å². The number of nitrogens with one attached hydrogen (secondary N) is 1. The molecule has 2 atom stereocenters. The molecule has 1 aromatic rings. The average Bonchev–Trinajstić information content (AvgIpc) is 2.84. The Morgan fingerprint density at radius 2 is 2.30 bits per heavy atom. The molecule has 1 aromatic heterocycles.